The number of carbonyl (C=O) groups excluding carboxylic acids is 1. The van der Waals surface area contributed by atoms with Crippen LogP contribution in [0.5, 0.6) is 0 Å². The van der Waals surface area contributed by atoms with Gasteiger partial charge in [-0.2, -0.15) is 13.2 Å². The van der Waals surface area contributed by atoms with Gasteiger partial charge in [-0.25, -0.2) is 0 Å². The number of ketones is 1. The molecule has 283 valence electrons. The van der Waals surface area contributed by atoms with Crippen LogP contribution in [0.1, 0.15) is 133 Å². The van der Waals surface area contributed by atoms with E-state index in [1.54, 1.807) is 13.8 Å². The minimum atomic E-state index is -4.83. The van der Waals surface area contributed by atoms with E-state index < -0.39 is 23.6 Å². The third-order valence-electron chi connectivity index (χ3n) is 11.5. The van der Waals surface area contributed by atoms with Crippen molar-refractivity contribution < 1.29 is 43.2 Å². The van der Waals surface area contributed by atoms with E-state index in [2.05, 4.69) is 89.2 Å². The minimum Gasteiger partial charge on any atom is -0.504 e. The van der Waals surface area contributed by atoms with Crippen molar-refractivity contribution in [2.24, 2.45) is 11.3 Å². The number of aliphatic hydroxyl groups excluding tert-OH is 1. The number of benzene rings is 3. The van der Waals surface area contributed by atoms with Crippen molar-refractivity contribution in [2.75, 3.05) is 0 Å². The van der Waals surface area contributed by atoms with E-state index >= 15 is 0 Å². The Balaban J connectivity index is 0.000000346. The number of aromatic nitrogens is 1. The first-order chi connectivity index (χ1) is 24.0. The SMILES string of the molecule is CCC(CC)C(=O)/C=C(\O)C(F)(F)F.Cc1cc(C)c2c(C3CCC4(CCCCC4)CC3)cc(-c3[c-]c4ccccc4c(C(C)(C)C)c3)nc2c1.[Ir]. The molecule has 52 heavy (non-hydrogen) atoms. The maximum Gasteiger partial charge on any atom is 0.448 e. The number of hydrogen-bond acceptors (Lipinski definition) is 3. The monoisotopic (exact) mass is 891 g/mol. The van der Waals surface area contributed by atoms with Crippen LogP contribution in [-0.4, -0.2) is 22.1 Å². The number of fused-ring (bicyclic) bond motifs is 2. The molecular weight excluding hydrogens is 836 g/mol. The van der Waals surface area contributed by atoms with E-state index in [9.17, 15) is 18.0 Å². The predicted octanol–water partition coefficient (Wildman–Crippen LogP) is 13.4. The molecule has 1 radical (unpaired) electrons. The fourth-order valence-corrected chi connectivity index (χ4v) is 8.61. The summed E-state index contributed by atoms with van der Waals surface area (Å²) in [7, 11) is 0. The zero-order valence-electron chi connectivity index (χ0n) is 31.9. The van der Waals surface area contributed by atoms with Crippen LogP contribution in [0.15, 0.2) is 60.4 Å². The summed E-state index contributed by atoms with van der Waals surface area (Å²) >= 11 is 0. The molecule has 0 saturated heterocycles. The topological polar surface area (TPSA) is 50.2 Å². The molecule has 1 spiro atoms. The van der Waals surface area contributed by atoms with E-state index in [-0.39, 0.29) is 31.6 Å². The third kappa shape index (κ3) is 9.55. The van der Waals surface area contributed by atoms with Crippen LogP contribution in [0.4, 0.5) is 13.2 Å². The number of hydrogen-bond donors (Lipinski definition) is 1. The molecule has 1 heterocycles. The van der Waals surface area contributed by atoms with Crippen LogP contribution < -0.4 is 0 Å². The van der Waals surface area contributed by atoms with Gasteiger partial charge in [0.25, 0.3) is 0 Å². The van der Waals surface area contributed by atoms with Gasteiger partial charge in [-0.15, -0.1) is 29.1 Å². The van der Waals surface area contributed by atoms with Crippen LogP contribution in [0, 0.1) is 31.2 Å². The Morgan fingerprint density at radius 2 is 1.60 bits per heavy atom. The Bertz CT molecular complexity index is 1890. The molecule has 0 aliphatic heterocycles. The normalized spacial score (nSPS) is 16.9. The standard InChI is InChI=1S/C36H42N.C9H13F3O2.Ir/c1-24-19-25(2)34-30(26-13-17-36(18-14-26)15-9-6-10-16-36)23-32(37-33(34)20-24)28-21-27-11-7-8-12-29(27)31(22-28)35(3,4)5;1-3-6(4-2)7(13)5-8(14)9(10,11)12;/h7-8,11-12,19-20,22-23,26H,6,9-10,13-18H2,1-5H3;5-6,14H,3-4H2,1-2H3;/q-1;;/b;8-5-;. The zero-order chi connectivity index (χ0) is 37.1. The van der Waals surface area contributed by atoms with E-state index in [0.717, 1.165) is 16.8 Å². The average molecular weight is 891 g/mol. The Hall–Kier alpha value is -3.02. The number of allylic oxidation sites excluding steroid dienone is 2. The summed E-state index contributed by atoms with van der Waals surface area (Å²) in [4.78, 5) is 16.4. The molecule has 3 aromatic carbocycles. The zero-order valence-corrected chi connectivity index (χ0v) is 34.3. The summed E-state index contributed by atoms with van der Waals surface area (Å²) in [6, 6.07) is 21.9. The van der Waals surface area contributed by atoms with Gasteiger partial charge in [0, 0.05) is 43.2 Å². The number of aryl methyl sites for hydroxylation is 2. The number of aliphatic hydroxyl groups is 1. The smallest absolute Gasteiger partial charge is 0.448 e. The first-order valence-corrected chi connectivity index (χ1v) is 18.9. The van der Waals surface area contributed by atoms with Gasteiger partial charge < -0.3 is 5.11 Å². The van der Waals surface area contributed by atoms with Gasteiger partial charge in [-0.1, -0.05) is 95.2 Å². The number of carbonyl (C=O) groups is 1. The van der Waals surface area contributed by atoms with Crippen LogP contribution in [0.3, 0.4) is 0 Å². The van der Waals surface area contributed by atoms with Crippen molar-refractivity contribution in [1.82, 2.24) is 4.98 Å². The van der Waals surface area contributed by atoms with Gasteiger partial charge >= 0.3 is 6.18 Å². The number of nitrogens with zero attached hydrogens (tertiary/aromatic N) is 1. The Labute approximate surface area is 322 Å². The number of rotatable bonds is 6. The quantitative estimate of drug-likeness (QED) is 0.119. The number of alkyl halides is 3. The van der Waals surface area contributed by atoms with Gasteiger partial charge in [-0.3, -0.25) is 9.78 Å². The van der Waals surface area contributed by atoms with Gasteiger partial charge in [0.15, 0.2) is 5.78 Å². The molecule has 2 fully saturated rings. The van der Waals surface area contributed by atoms with Crippen molar-refractivity contribution in [1.29, 1.82) is 0 Å². The van der Waals surface area contributed by atoms with E-state index in [0.29, 0.717) is 24.2 Å². The van der Waals surface area contributed by atoms with Crippen LogP contribution >= 0.6 is 0 Å². The minimum absolute atomic E-state index is 0. The fraction of sp³-hybridized carbons (Fsp3) is 0.511. The second-order valence-corrected chi connectivity index (χ2v) is 16.2. The van der Waals surface area contributed by atoms with Crippen LogP contribution in [-0.2, 0) is 30.3 Å². The summed E-state index contributed by atoms with van der Waals surface area (Å²) in [5.74, 6) is -2.32. The van der Waals surface area contributed by atoms with E-state index in [4.69, 9.17) is 10.1 Å². The van der Waals surface area contributed by atoms with Crippen molar-refractivity contribution in [2.45, 2.75) is 137 Å². The molecule has 3 nitrogen and oxygen atoms in total. The molecular formula is C45H55F3IrNO2-. The molecule has 6 rings (SSSR count). The molecule has 2 aliphatic rings. The van der Waals surface area contributed by atoms with Crippen LogP contribution in [0.25, 0.3) is 32.9 Å². The van der Waals surface area contributed by atoms with Crippen LogP contribution in [0.2, 0.25) is 0 Å². The molecule has 7 heteroatoms. The maximum absolute atomic E-state index is 11.8. The molecule has 1 N–H and O–H groups in total. The van der Waals surface area contributed by atoms with Crippen molar-refractivity contribution >= 4 is 27.5 Å². The fourth-order valence-electron chi connectivity index (χ4n) is 8.61. The molecule has 1 aromatic heterocycles. The first kappa shape index (κ1) is 41.7. The van der Waals surface area contributed by atoms with Gasteiger partial charge in [0.05, 0.1) is 5.52 Å². The number of pyridine rings is 1. The third-order valence-corrected chi connectivity index (χ3v) is 11.5. The summed E-state index contributed by atoms with van der Waals surface area (Å²) in [6.07, 6.45) is 9.06. The van der Waals surface area contributed by atoms with E-state index in [1.807, 2.05) is 0 Å². The van der Waals surface area contributed by atoms with Crippen molar-refractivity contribution in [3.63, 3.8) is 0 Å². The Kier molecular flexibility index (Phi) is 13.6. The molecule has 0 unspecified atom stereocenters. The predicted molar refractivity (Wildman–Crippen MR) is 204 cm³/mol. The Morgan fingerprint density at radius 3 is 2.19 bits per heavy atom. The maximum atomic E-state index is 11.8. The molecule has 2 saturated carbocycles. The van der Waals surface area contributed by atoms with Crippen molar-refractivity contribution in [3.05, 3.63) is 88.7 Å². The van der Waals surface area contributed by atoms with Crippen molar-refractivity contribution in [3.8, 4) is 11.3 Å². The Morgan fingerprint density at radius 1 is 0.962 bits per heavy atom. The second kappa shape index (κ2) is 17.0. The summed E-state index contributed by atoms with van der Waals surface area (Å²) in [5, 5.41) is 12.4. The first-order valence-electron chi connectivity index (χ1n) is 18.9. The molecule has 0 bridgehead atoms. The summed E-state index contributed by atoms with van der Waals surface area (Å²) < 4.78 is 35.4. The number of halogens is 3. The van der Waals surface area contributed by atoms with E-state index in [1.165, 1.54) is 96.2 Å². The van der Waals surface area contributed by atoms with Gasteiger partial charge in [0.1, 0.15) is 0 Å². The largest absolute Gasteiger partial charge is 0.504 e. The molecule has 0 amide bonds. The molecule has 0 atom stereocenters. The summed E-state index contributed by atoms with van der Waals surface area (Å²) in [6.45, 7) is 14.9. The van der Waals surface area contributed by atoms with Gasteiger partial charge in [0.2, 0.25) is 5.76 Å². The second-order valence-electron chi connectivity index (χ2n) is 16.2. The van der Waals surface area contributed by atoms with Gasteiger partial charge in [-0.05, 0) is 105 Å². The summed E-state index contributed by atoms with van der Waals surface area (Å²) in [5.41, 5.74) is 9.63. The molecule has 4 aromatic rings. The average Bonchev–Trinajstić information content (AvgIpc) is 3.08. The molecule has 2 aliphatic carbocycles.